The van der Waals surface area contributed by atoms with Crippen LogP contribution in [0.1, 0.15) is 24.8 Å². The largest absolute Gasteiger partial charge is 0.394 e. The molecule has 0 radical (unpaired) electrons. The number of hydrogen-bond acceptors (Lipinski definition) is 6. The van der Waals surface area contributed by atoms with Crippen molar-refractivity contribution in [3.8, 4) is 0 Å². The molecule has 1 aromatic carbocycles. The van der Waals surface area contributed by atoms with Gasteiger partial charge in [-0.15, -0.1) is 0 Å². The van der Waals surface area contributed by atoms with Crippen molar-refractivity contribution in [3.63, 3.8) is 0 Å². The van der Waals surface area contributed by atoms with E-state index in [-0.39, 0.29) is 37.0 Å². The Morgan fingerprint density at radius 3 is 2.60 bits per heavy atom. The minimum absolute atomic E-state index is 0.0533. The van der Waals surface area contributed by atoms with Gasteiger partial charge in [-0.1, -0.05) is 30.3 Å². The monoisotopic (exact) mass is 419 g/mol. The van der Waals surface area contributed by atoms with Crippen LogP contribution in [0.3, 0.4) is 0 Å². The number of hydrogen-bond donors (Lipinski definition) is 3. The van der Waals surface area contributed by atoms with Crippen LogP contribution in [-0.4, -0.2) is 86.1 Å². The lowest BCUT2D eigenvalue weighted by Gasteiger charge is -2.36. The standard InChI is InChI=1S/C22H33N3O5/c26-16-20-19(24-22(28)15-25-10-12-29-13-11-25)7-6-18(30-20)14-21(27)23-9-8-17-4-2-1-3-5-17/h1-5,18-20,26H,6-16H2,(H,23,27)(H,24,28)/t18-,19+,20+/m0/s1. The molecule has 8 nitrogen and oxygen atoms in total. The van der Waals surface area contributed by atoms with Crippen LogP contribution in [0, 0.1) is 0 Å². The Morgan fingerprint density at radius 1 is 1.10 bits per heavy atom. The van der Waals surface area contributed by atoms with Crippen molar-refractivity contribution in [2.24, 2.45) is 0 Å². The summed E-state index contributed by atoms with van der Waals surface area (Å²) in [7, 11) is 0. The van der Waals surface area contributed by atoms with E-state index in [1.807, 2.05) is 30.3 Å². The van der Waals surface area contributed by atoms with Gasteiger partial charge in [-0.25, -0.2) is 0 Å². The van der Waals surface area contributed by atoms with Gasteiger partial charge in [0.2, 0.25) is 11.8 Å². The highest BCUT2D eigenvalue weighted by Gasteiger charge is 2.33. The molecular weight excluding hydrogens is 386 g/mol. The number of carbonyl (C=O) groups excluding carboxylic acids is 2. The molecule has 30 heavy (non-hydrogen) atoms. The Balaban J connectivity index is 1.36. The number of nitrogens with zero attached hydrogens (tertiary/aromatic N) is 1. The van der Waals surface area contributed by atoms with Crippen LogP contribution < -0.4 is 10.6 Å². The first-order chi connectivity index (χ1) is 14.6. The first-order valence-corrected chi connectivity index (χ1v) is 10.8. The molecule has 2 heterocycles. The summed E-state index contributed by atoms with van der Waals surface area (Å²) in [6, 6.07) is 9.78. The maximum Gasteiger partial charge on any atom is 0.234 e. The van der Waals surface area contributed by atoms with Crippen molar-refractivity contribution in [2.75, 3.05) is 46.0 Å². The fraction of sp³-hybridized carbons (Fsp3) is 0.636. The van der Waals surface area contributed by atoms with E-state index in [4.69, 9.17) is 9.47 Å². The number of aliphatic hydroxyl groups excluding tert-OH is 1. The van der Waals surface area contributed by atoms with Gasteiger partial charge < -0.3 is 25.2 Å². The summed E-state index contributed by atoms with van der Waals surface area (Å²) >= 11 is 0. The second-order valence-corrected chi connectivity index (χ2v) is 7.91. The van der Waals surface area contributed by atoms with E-state index in [0.29, 0.717) is 39.1 Å². The highest BCUT2D eigenvalue weighted by molar-refractivity contribution is 5.78. The van der Waals surface area contributed by atoms with Crippen LogP contribution >= 0.6 is 0 Å². The summed E-state index contributed by atoms with van der Waals surface area (Å²) < 4.78 is 11.2. The molecule has 0 bridgehead atoms. The SMILES string of the molecule is O=C(C[C@@H]1CC[C@@H](NC(=O)CN2CCOCC2)[C@@H](CO)O1)NCCc1ccccc1. The van der Waals surface area contributed by atoms with Crippen molar-refractivity contribution in [2.45, 2.75) is 43.9 Å². The zero-order valence-corrected chi connectivity index (χ0v) is 17.4. The molecule has 1 aromatic rings. The van der Waals surface area contributed by atoms with E-state index in [1.54, 1.807) is 0 Å². The fourth-order valence-corrected chi connectivity index (χ4v) is 3.93. The Hall–Kier alpha value is -2.00. The third-order valence-corrected chi connectivity index (χ3v) is 5.60. The Morgan fingerprint density at radius 2 is 1.87 bits per heavy atom. The number of carbonyl (C=O) groups is 2. The molecule has 2 saturated heterocycles. The van der Waals surface area contributed by atoms with E-state index in [9.17, 15) is 14.7 Å². The van der Waals surface area contributed by atoms with Crippen LogP contribution in [0.2, 0.25) is 0 Å². The van der Waals surface area contributed by atoms with Crippen LogP contribution in [0.25, 0.3) is 0 Å². The first kappa shape index (κ1) is 22.7. The molecule has 2 fully saturated rings. The predicted molar refractivity (Wildman–Crippen MR) is 112 cm³/mol. The molecule has 0 aliphatic carbocycles. The molecule has 0 unspecified atom stereocenters. The fourth-order valence-electron chi connectivity index (χ4n) is 3.93. The number of amides is 2. The van der Waals surface area contributed by atoms with Gasteiger partial charge in [-0.3, -0.25) is 14.5 Å². The van der Waals surface area contributed by atoms with Gasteiger partial charge in [0.25, 0.3) is 0 Å². The van der Waals surface area contributed by atoms with Crippen LogP contribution in [0.4, 0.5) is 0 Å². The van der Waals surface area contributed by atoms with Crippen LogP contribution in [-0.2, 0) is 25.5 Å². The van der Waals surface area contributed by atoms with Gasteiger partial charge in [-0.2, -0.15) is 0 Å². The van der Waals surface area contributed by atoms with E-state index >= 15 is 0 Å². The number of morpholine rings is 1. The van der Waals surface area contributed by atoms with E-state index in [0.717, 1.165) is 19.5 Å². The Bertz CT molecular complexity index is 666. The molecule has 2 amide bonds. The quantitative estimate of drug-likeness (QED) is 0.525. The highest BCUT2D eigenvalue weighted by atomic mass is 16.5. The van der Waals surface area contributed by atoms with Crippen molar-refractivity contribution < 1.29 is 24.2 Å². The van der Waals surface area contributed by atoms with Gasteiger partial charge in [0, 0.05) is 19.6 Å². The maximum absolute atomic E-state index is 12.3. The summed E-state index contributed by atoms with van der Waals surface area (Å²) in [6.07, 6.45) is 1.67. The number of nitrogens with one attached hydrogen (secondary N) is 2. The van der Waals surface area contributed by atoms with E-state index in [2.05, 4.69) is 15.5 Å². The van der Waals surface area contributed by atoms with Gasteiger partial charge >= 0.3 is 0 Å². The lowest BCUT2D eigenvalue weighted by molar-refractivity contribution is -0.136. The van der Waals surface area contributed by atoms with Crippen LogP contribution in [0.15, 0.2) is 30.3 Å². The zero-order valence-electron chi connectivity index (χ0n) is 17.4. The second-order valence-electron chi connectivity index (χ2n) is 7.91. The molecule has 0 spiro atoms. The minimum atomic E-state index is -0.491. The molecule has 3 atom stereocenters. The summed E-state index contributed by atoms with van der Waals surface area (Å²) in [5, 5.41) is 15.6. The van der Waals surface area contributed by atoms with Crippen molar-refractivity contribution in [1.82, 2.24) is 15.5 Å². The summed E-state index contributed by atoms with van der Waals surface area (Å²) in [5.74, 6) is -0.122. The first-order valence-electron chi connectivity index (χ1n) is 10.8. The second kappa shape index (κ2) is 12.0. The molecule has 0 aromatic heterocycles. The van der Waals surface area contributed by atoms with Gasteiger partial charge in [-0.05, 0) is 24.8 Å². The molecule has 2 aliphatic heterocycles. The van der Waals surface area contributed by atoms with E-state index in [1.165, 1.54) is 5.56 Å². The lowest BCUT2D eigenvalue weighted by atomic mass is 9.97. The summed E-state index contributed by atoms with van der Waals surface area (Å²) in [6.45, 7) is 3.51. The molecule has 8 heteroatoms. The molecular formula is C22H33N3O5. The molecule has 3 N–H and O–H groups in total. The van der Waals surface area contributed by atoms with Gasteiger partial charge in [0.15, 0.2) is 0 Å². The molecule has 3 rings (SSSR count). The average Bonchev–Trinajstić information content (AvgIpc) is 2.76. The number of rotatable bonds is 9. The lowest BCUT2D eigenvalue weighted by Crippen LogP contribution is -2.53. The van der Waals surface area contributed by atoms with Gasteiger partial charge in [0.1, 0.15) is 6.10 Å². The normalized spacial score (nSPS) is 24.9. The van der Waals surface area contributed by atoms with Crippen molar-refractivity contribution >= 4 is 11.8 Å². The van der Waals surface area contributed by atoms with Gasteiger partial charge in [0.05, 0.1) is 44.9 Å². The maximum atomic E-state index is 12.3. The number of ether oxygens (including phenoxy) is 2. The van der Waals surface area contributed by atoms with Crippen molar-refractivity contribution in [1.29, 1.82) is 0 Å². The molecule has 166 valence electrons. The predicted octanol–water partition coefficient (Wildman–Crippen LogP) is 0.0923. The Labute approximate surface area is 177 Å². The zero-order chi connectivity index (χ0) is 21.2. The summed E-state index contributed by atoms with van der Waals surface area (Å²) in [5.41, 5.74) is 1.18. The third kappa shape index (κ3) is 7.36. The Kier molecular flexibility index (Phi) is 9.07. The minimum Gasteiger partial charge on any atom is -0.394 e. The average molecular weight is 420 g/mol. The summed E-state index contributed by atoms with van der Waals surface area (Å²) in [4.78, 5) is 26.6. The van der Waals surface area contributed by atoms with E-state index < -0.39 is 6.10 Å². The van der Waals surface area contributed by atoms with Crippen LogP contribution in [0.5, 0.6) is 0 Å². The highest BCUT2D eigenvalue weighted by Crippen LogP contribution is 2.22. The molecule has 0 saturated carbocycles. The number of aliphatic hydroxyl groups is 1. The topological polar surface area (TPSA) is 100 Å². The number of benzene rings is 1. The third-order valence-electron chi connectivity index (χ3n) is 5.60. The van der Waals surface area contributed by atoms with Crippen molar-refractivity contribution in [3.05, 3.63) is 35.9 Å². The molecule has 2 aliphatic rings. The smallest absolute Gasteiger partial charge is 0.234 e.